The van der Waals surface area contributed by atoms with Crippen LogP contribution in [0.4, 0.5) is 8.78 Å². The quantitative estimate of drug-likeness (QED) is 0.352. The van der Waals surface area contributed by atoms with Gasteiger partial charge in [-0.1, -0.05) is 19.8 Å². The van der Waals surface area contributed by atoms with Crippen LogP contribution in [0.2, 0.25) is 0 Å². The normalized spacial score (nSPS) is 10.8. The molecule has 0 heterocycles. The first kappa shape index (κ1) is 16.3. The minimum atomic E-state index is -0.765. The lowest BCUT2D eigenvalue weighted by molar-refractivity contribution is 0.290. The van der Waals surface area contributed by atoms with E-state index < -0.39 is 11.6 Å². The maximum atomic E-state index is 13.7. The van der Waals surface area contributed by atoms with Gasteiger partial charge in [-0.05, 0) is 24.7 Å². The summed E-state index contributed by atoms with van der Waals surface area (Å²) in [5.41, 5.74) is 7.69. The van der Waals surface area contributed by atoms with Crippen LogP contribution in [-0.2, 0) is 0 Å². The number of unbranched alkanes of at least 4 members (excludes halogenated alkanes) is 2. The van der Waals surface area contributed by atoms with Crippen molar-refractivity contribution in [3.8, 4) is 5.75 Å². The molecule has 20 heavy (non-hydrogen) atoms. The Morgan fingerprint density at radius 1 is 1.45 bits per heavy atom. The second-order valence-corrected chi connectivity index (χ2v) is 4.54. The van der Waals surface area contributed by atoms with Gasteiger partial charge in [0.15, 0.2) is 16.7 Å². The third-order valence-corrected chi connectivity index (χ3v) is 2.50. The van der Waals surface area contributed by atoms with E-state index in [1.54, 1.807) is 0 Å². The van der Waals surface area contributed by atoms with Crippen molar-refractivity contribution in [1.82, 2.24) is 5.43 Å². The summed E-state index contributed by atoms with van der Waals surface area (Å²) < 4.78 is 32.3. The molecule has 7 heteroatoms. The van der Waals surface area contributed by atoms with Crippen LogP contribution >= 0.6 is 12.2 Å². The molecule has 1 rings (SSSR count). The maximum Gasteiger partial charge on any atom is 0.184 e. The number of benzene rings is 1. The summed E-state index contributed by atoms with van der Waals surface area (Å²) in [5, 5.41) is 3.64. The van der Waals surface area contributed by atoms with Gasteiger partial charge in [0, 0.05) is 11.6 Å². The number of hydrazone groups is 1. The fraction of sp³-hybridized carbons (Fsp3) is 0.385. The number of ether oxygens (including phenoxy) is 1. The first-order chi connectivity index (χ1) is 9.54. The number of nitrogens with one attached hydrogen (secondary N) is 1. The second kappa shape index (κ2) is 8.42. The molecule has 0 aliphatic rings. The second-order valence-electron chi connectivity index (χ2n) is 4.10. The lowest BCUT2D eigenvalue weighted by atomic mass is 10.2. The van der Waals surface area contributed by atoms with E-state index in [0.29, 0.717) is 6.61 Å². The highest BCUT2D eigenvalue weighted by atomic mass is 32.1. The summed E-state index contributed by atoms with van der Waals surface area (Å²) in [5.74, 6) is -1.51. The van der Waals surface area contributed by atoms with Crippen molar-refractivity contribution in [3.05, 3.63) is 29.3 Å². The topological polar surface area (TPSA) is 59.6 Å². The fourth-order valence-electron chi connectivity index (χ4n) is 1.52. The summed E-state index contributed by atoms with van der Waals surface area (Å²) >= 11 is 4.57. The Morgan fingerprint density at radius 3 is 2.85 bits per heavy atom. The van der Waals surface area contributed by atoms with E-state index in [1.165, 1.54) is 6.21 Å². The van der Waals surface area contributed by atoms with Crippen LogP contribution in [0.25, 0.3) is 0 Å². The van der Waals surface area contributed by atoms with Gasteiger partial charge in [-0.2, -0.15) is 5.10 Å². The highest BCUT2D eigenvalue weighted by Crippen LogP contribution is 2.23. The predicted octanol–water partition coefficient (Wildman–Crippen LogP) is 2.70. The van der Waals surface area contributed by atoms with Crippen LogP contribution in [-0.4, -0.2) is 17.9 Å². The van der Waals surface area contributed by atoms with E-state index >= 15 is 0 Å². The third kappa shape index (κ3) is 5.48. The molecule has 0 amide bonds. The third-order valence-electron chi connectivity index (χ3n) is 2.41. The van der Waals surface area contributed by atoms with E-state index in [0.717, 1.165) is 31.4 Å². The molecule has 1 aromatic carbocycles. The van der Waals surface area contributed by atoms with Gasteiger partial charge in [0.05, 0.1) is 12.8 Å². The molecule has 110 valence electrons. The minimum Gasteiger partial charge on any atom is -0.490 e. The highest BCUT2D eigenvalue weighted by Gasteiger charge is 2.11. The molecule has 0 saturated heterocycles. The molecule has 0 bridgehead atoms. The van der Waals surface area contributed by atoms with Gasteiger partial charge in [-0.3, -0.25) is 5.43 Å². The number of thiocarbonyl (C=S) groups is 1. The van der Waals surface area contributed by atoms with E-state index in [9.17, 15) is 8.78 Å². The average Bonchev–Trinajstić information content (AvgIpc) is 2.36. The van der Waals surface area contributed by atoms with Crippen LogP contribution in [0.5, 0.6) is 5.75 Å². The van der Waals surface area contributed by atoms with Gasteiger partial charge in [-0.25, -0.2) is 8.78 Å². The first-order valence-corrected chi connectivity index (χ1v) is 6.65. The number of nitrogens with two attached hydrogens (primary N) is 1. The van der Waals surface area contributed by atoms with Crippen LogP contribution in [0.15, 0.2) is 17.2 Å². The Bertz CT molecular complexity index is 495. The number of halogens is 2. The van der Waals surface area contributed by atoms with Gasteiger partial charge in [0.2, 0.25) is 0 Å². The van der Waals surface area contributed by atoms with Gasteiger partial charge in [-0.15, -0.1) is 0 Å². The Hall–Kier alpha value is -1.76. The molecule has 0 radical (unpaired) electrons. The molecule has 1 aromatic rings. The monoisotopic (exact) mass is 301 g/mol. The van der Waals surface area contributed by atoms with Crippen molar-refractivity contribution < 1.29 is 13.5 Å². The summed E-state index contributed by atoms with van der Waals surface area (Å²) in [4.78, 5) is 0. The molecular formula is C13H17F2N3OS. The van der Waals surface area contributed by atoms with Gasteiger partial charge >= 0.3 is 0 Å². The minimum absolute atomic E-state index is 0.0315. The first-order valence-electron chi connectivity index (χ1n) is 6.25. The Balaban J connectivity index is 2.84. The molecule has 0 fully saturated rings. The lowest BCUT2D eigenvalue weighted by Crippen LogP contribution is -2.24. The van der Waals surface area contributed by atoms with E-state index in [2.05, 4.69) is 29.7 Å². The maximum absolute atomic E-state index is 13.7. The Morgan fingerprint density at radius 2 is 2.20 bits per heavy atom. The highest BCUT2D eigenvalue weighted by molar-refractivity contribution is 7.80. The summed E-state index contributed by atoms with van der Waals surface area (Å²) in [6.45, 7) is 2.41. The summed E-state index contributed by atoms with van der Waals surface area (Å²) in [7, 11) is 0. The zero-order chi connectivity index (χ0) is 15.0. The van der Waals surface area contributed by atoms with Crippen molar-refractivity contribution in [2.24, 2.45) is 10.8 Å². The molecule has 3 N–H and O–H groups in total. The molecule has 0 unspecified atom stereocenters. The predicted molar refractivity (Wildman–Crippen MR) is 78.9 cm³/mol. The zero-order valence-electron chi connectivity index (χ0n) is 11.2. The van der Waals surface area contributed by atoms with Crippen LogP contribution in [0.3, 0.4) is 0 Å². The van der Waals surface area contributed by atoms with Crippen molar-refractivity contribution in [2.45, 2.75) is 26.2 Å². The number of nitrogens with zero attached hydrogens (tertiary/aromatic N) is 1. The molecule has 0 aromatic heterocycles. The van der Waals surface area contributed by atoms with Gasteiger partial charge in [0.1, 0.15) is 5.82 Å². The number of hydrogen-bond acceptors (Lipinski definition) is 3. The van der Waals surface area contributed by atoms with Crippen molar-refractivity contribution >= 4 is 23.5 Å². The van der Waals surface area contributed by atoms with E-state index in [4.69, 9.17) is 10.5 Å². The molecule has 0 atom stereocenters. The largest absolute Gasteiger partial charge is 0.490 e. The molecule has 0 aliphatic heterocycles. The van der Waals surface area contributed by atoms with Crippen LogP contribution < -0.4 is 15.9 Å². The van der Waals surface area contributed by atoms with Gasteiger partial charge < -0.3 is 10.5 Å². The molecule has 0 spiro atoms. The summed E-state index contributed by atoms with van der Waals surface area (Å²) in [6.07, 6.45) is 4.02. The molecular weight excluding hydrogens is 284 g/mol. The summed E-state index contributed by atoms with van der Waals surface area (Å²) in [6, 6.07) is 1.90. The Kier molecular flexibility index (Phi) is 6.86. The molecule has 0 saturated carbocycles. The SMILES string of the molecule is CCCCCOc1c(F)cc(F)cc1C=NNC(N)=S. The molecule has 4 nitrogen and oxygen atoms in total. The van der Waals surface area contributed by atoms with Crippen molar-refractivity contribution in [1.29, 1.82) is 0 Å². The van der Waals surface area contributed by atoms with E-state index in [-0.39, 0.29) is 16.4 Å². The van der Waals surface area contributed by atoms with Crippen molar-refractivity contribution in [3.63, 3.8) is 0 Å². The standard InChI is InChI=1S/C13H17F2N3OS/c1-2-3-4-5-19-12-9(8-17-18-13(16)20)6-10(14)7-11(12)15/h6-8H,2-5H2,1H3,(H3,16,18,20). The zero-order valence-corrected chi connectivity index (χ0v) is 12.0. The average molecular weight is 301 g/mol. The lowest BCUT2D eigenvalue weighted by Gasteiger charge is -2.10. The van der Waals surface area contributed by atoms with Crippen molar-refractivity contribution in [2.75, 3.05) is 6.61 Å². The number of hydrogen-bond donors (Lipinski definition) is 2. The van der Waals surface area contributed by atoms with Crippen LogP contribution in [0, 0.1) is 11.6 Å². The number of rotatable bonds is 7. The van der Waals surface area contributed by atoms with E-state index in [1.807, 2.05) is 0 Å². The van der Waals surface area contributed by atoms with Crippen LogP contribution in [0.1, 0.15) is 31.7 Å². The fourth-order valence-corrected chi connectivity index (χ4v) is 1.57. The smallest absolute Gasteiger partial charge is 0.184 e. The molecule has 0 aliphatic carbocycles. The van der Waals surface area contributed by atoms with Gasteiger partial charge in [0.25, 0.3) is 0 Å². The Labute approximate surface area is 122 Å².